The smallest absolute Gasteiger partial charge is 0.202 e. The van der Waals surface area contributed by atoms with Gasteiger partial charge in [-0.2, -0.15) is 0 Å². The van der Waals surface area contributed by atoms with Crippen LogP contribution in [0.5, 0.6) is 0 Å². The zero-order valence-electron chi connectivity index (χ0n) is 9.37. The Balaban J connectivity index is 2.27. The first kappa shape index (κ1) is 14.3. The molecule has 1 heterocycles. The molecular formula is C7H14N6O4S. The highest BCUT2D eigenvalue weighted by atomic mass is 32.2. The molecule has 0 amide bonds. The molecular weight excluding hydrogens is 264 g/mol. The van der Waals surface area contributed by atoms with Crippen molar-refractivity contribution in [1.29, 1.82) is 0 Å². The Morgan fingerprint density at radius 1 is 1.50 bits per heavy atom. The number of nitrogens with one attached hydrogen (secondary N) is 2. The van der Waals surface area contributed by atoms with Gasteiger partial charge in [-0.15, -0.1) is 0 Å². The van der Waals surface area contributed by atoms with Gasteiger partial charge in [-0.25, -0.2) is 8.84 Å². The number of rotatable bonds is 8. The molecule has 0 aromatic carbocycles. The molecule has 0 bridgehead atoms. The van der Waals surface area contributed by atoms with E-state index in [1.54, 1.807) is 0 Å². The van der Waals surface area contributed by atoms with Gasteiger partial charge >= 0.3 is 0 Å². The Kier molecular flexibility index (Phi) is 6.04. The zero-order chi connectivity index (χ0) is 13.4. The molecule has 0 aliphatic carbocycles. The predicted molar refractivity (Wildman–Crippen MR) is 63.6 cm³/mol. The first-order valence-corrected chi connectivity index (χ1v) is 6.25. The third kappa shape index (κ3) is 4.65. The van der Waals surface area contributed by atoms with E-state index in [1.807, 2.05) is 0 Å². The molecule has 6 N–H and O–H groups in total. The van der Waals surface area contributed by atoms with Crippen molar-refractivity contribution >= 4 is 22.7 Å². The second kappa shape index (κ2) is 7.58. The van der Waals surface area contributed by atoms with Gasteiger partial charge in [0.2, 0.25) is 5.82 Å². The van der Waals surface area contributed by atoms with Gasteiger partial charge < -0.3 is 26.1 Å². The van der Waals surface area contributed by atoms with Crippen LogP contribution in [-0.2, 0) is 11.1 Å². The van der Waals surface area contributed by atoms with Crippen LogP contribution >= 0.6 is 0 Å². The molecule has 18 heavy (non-hydrogen) atoms. The van der Waals surface area contributed by atoms with Gasteiger partial charge in [-0.3, -0.25) is 0 Å². The van der Waals surface area contributed by atoms with Crippen molar-refractivity contribution in [1.82, 2.24) is 15.6 Å². The van der Waals surface area contributed by atoms with Crippen molar-refractivity contribution in [2.24, 2.45) is 10.9 Å². The van der Waals surface area contributed by atoms with Crippen LogP contribution in [0.25, 0.3) is 0 Å². The minimum atomic E-state index is -1.84. The third-order valence-corrected chi connectivity index (χ3v) is 2.34. The summed E-state index contributed by atoms with van der Waals surface area (Å²) >= 11 is -1.84. The molecule has 0 saturated heterocycles. The lowest BCUT2D eigenvalue weighted by Gasteiger charge is -2.04. The van der Waals surface area contributed by atoms with Crippen molar-refractivity contribution in [3.63, 3.8) is 0 Å². The third-order valence-electron chi connectivity index (χ3n) is 1.89. The summed E-state index contributed by atoms with van der Waals surface area (Å²) in [6.07, 6.45) is 0.680. The van der Waals surface area contributed by atoms with Crippen LogP contribution in [0.1, 0.15) is 12.1 Å². The SMILES string of the molecule is NC(=NO)c1nonc1NCCCNCS(=O)O. The summed E-state index contributed by atoms with van der Waals surface area (Å²) in [5.74, 6) is 0.101. The summed E-state index contributed by atoms with van der Waals surface area (Å²) < 4.78 is 23.3. The van der Waals surface area contributed by atoms with E-state index in [4.69, 9.17) is 15.5 Å². The second-order valence-corrected chi connectivity index (χ2v) is 4.12. The fraction of sp³-hybridized carbons (Fsp3) is 0.571. The molecule has 1 aromatic rings. The van der Waals surface area contributed by atoms with E-state index in [1.165, 1.54) is 0 Å². The topological polar surface area (TPSA) is 159 Å². The van der Waals surface area contributed by atoms with Crippen LogP contribution in [0.2, 0.25) is 0 Å². The van der Waals surface area contributed by atoms with Crippen LogP contribution in [0, 0.1) is 0 Å². The Hall–Kier alpha value is -1.72. The van der Waals surface area contributed by atoms with Crippen LogP contribution in [0.3, 0.4) is 0 Å². The van der Waals surface area contributed by atoms with E-state index in [9.17, 15) is 4.21 Å². The van der Waals surface area contributed by atoms with Crippen molar-refractivity contribution in [3.8, 4) is 0 Å². The maximum Gasteiger partial charge on any atom is 0.202 e. The number of oxime groups is 1. The van der Waals surface area contributed by atoms with Gasteiger partial charge in [0.05, 0.1) is 5.88 Å². The minimum absolute atomic E-state index is 0.0287. The lowest BCUT2D eigenvalue weighted by atomic mass is 10.3. The van der Waals surface area contributed by atoms with E-state index in [-0.39, 0.29) is 23.2 Å². The van der Waals surface area contributed by atoms with Crippen molar-refractivity contribution < 1.29 is 18.6 Å². The van der Waals surface area contributed by atoms with E-state index in [2.05, 4.69) is 30.7 Å². The lowest BCUT2D eigenvalue weighted by molar-refractivity contribution is 0.304. The summed E-state index contributed by atoms with van der Waals surface area (Å²) in [4.78, 5) is 0. The molecule has 11 heteroatoms. The van der Waals surface area contributed by atoms with Crippen molar-refractivity contribution in [2.45, 2.75) is 6.42 Å². The number of nitrogens with zero attached hydrogens (tertiary/aromatic N) is 3. The predicted octanol–water partition coefficient (Wildman–Crippen LogP) is -1.27. The number of hydrogen-bond donors (Lipinski definition) is 5. The van der Waals surface area contributed by atoms with Crippen LogP contribution < -0.4 is 16.4 Å². The van der Waals surface area contributed by atoms with Crippen LogP contribution in [0.15, 0.2) is 9.78 Å². The monoisotopic (exact) mass is 278 g/mol. The normalized spacial score (nSPS) is 13.5. The van der Waals surface area contributed by atoms with Gasteiger partial charge in [-0.05, 0) is 23.3 Å². The molecule has 0 radical (unpaired) electrons. The van der Waals surface area contributed by atoms with E-state index in [0.29, 0.717) is 19.5 Å². The minimum Gasteiger partial charge on any atom is -0.409 e. The zero-order valence-corrected chi connectivity index (χ0v) is 10.2. The fourth-order valence-corrected chi connectivity index (χ4v) is 1.42. The average molecular weight is 278 g/mol. The van der Waals surface area contributed by atoms with Crippen molar-refractivity contribution in [3.05, 3.63) is 5.69 Å². The largest absolute Gasteiger partial charge is 0.409 e. The maximum atomic E-state index is 10.3. The number of amidine groups is 1. The van der Waals surface area contributed by atoms with Gasteiger partial charge in [0.1, 0.15) is 0 Å². The van der Waals surface area contributed by atoms with E-state index in [0.717, 1.165) is 0 Å². The van der Waals surface area contributed by atoms with Crippen LogP contribution in [0.4, 0.5) is 5.82 Å². The molecule has 0 fully saturated rings. The van der Waals surface area contributed by atoms with Gasteiger partial charge in [0.15, 0.2) is 22.6 Å². The summed E-state index contributed by atoms with van der Waals surface area (Å²) in [5, 5.41) is 24.0. The highest BCUT2D eigenvalue weighted by molar-refractivity contribution is 7.79. The molecule has 0 saturated carbocycles. The Morgan fingerprint density at radius 3 is 2.94 bits per heavy atom. The molecule has 0 aliphatic heterocycles. The molecule has 0 aliphatic rings. The Bertz CT molecular complexity index is 422. The standard InChI is InChI=1S/C7H14N6O4S/c8-6(11-14)5-7(13-17-12-5)10-3-1-2-9-4-18(15)16/h9,14H,1-4H2,(H2,8,11)(H,10,13)(H,15,16). The summed E-state index contributed by atoms with van der Waals surface area (Å²) in [7, 11) is 0. The van der Waals surface area contributed by atoms with Crippen LogP contribution in [-0.4, -0.2) is 49.1 Å². The van der Waals surface area contributed by atoms with E-state index >= 15 is 0 Å². The molecule has 1 aromatic heterocycles. The number of aromatic nitrogens is 2. The molecule has 10 nitrogen and oxygen atoms in total. The Labute approximate surface area is 105 Å². The fourth-order valence-electron chi connectivity index (χ4n) is 1.10. The Morgan fingerprint density at radius 2 is 2.28 bits per heavy atom. The lowest BCUT2D eigenvalue weighted by Crippen LogP contribution is -2.22. The van der Waals surface area contributed by atoms with Gasteiger partial charge in [0, 0.05) is 6.54 Å². The molecule has 0 spiro atoms. The van der Waals surface area contributed by atoms with E-state index < -0.39 is 11.1 Å². The second-order valence-electron chi connectivity index (χ2n) is 3.19. The number of nitrogens with two attached hydrogens (primary N) is 1. The molecule has 1 atom stereocenters. The van der Waals surface area contributed by atoms with Gasteiger partial charge in [-0.1, -0.05) is 5.16 Å². The average Bonchev–Trinajstić information content (AvgIpc) is 2.80. The summed E-state index contributed by atoms with van der Waals surface area (Å²) in [6, 6.07) is 0. The van der Waals surface area contributed by atoms with Crippen molar-refractivity contribution in [2.75, 3.05) is 24.3 Å². The summed E-state index contributed by atoms with van der Waals surface area (Å²) in [5.41, 5.74) is 5.48. The summed E-state index contributed by atoms with van der Waals surface area (Å²) in [6.45, 7) is 1.08. The molecule has 1 unspecified atom stereocenters. The molecule has 102 valence electrons. The number of anilines is 1. The first-order chi connectivity index (χ1) is 8.65. The maximum absolute atomic E-state index is 10.3. The highest BCUT2D eigenvalue weighted by Gasteiger charge is 2.13. The molecule has 1 rings (SSSR count). The number of hydrogen-bond acceptors (Lipinski definition) is 8. The van der Waals surface area contributed by atoms with Gasteiger partial charge in [0.25, 0.3) is 0 Å². The highest BCUT2D eigenvalue weighted by Crippen LogP contribution is 2.08. The quantitative estimate of drug-likeness (QED) is 0.0975. The first-order valence-electron chi connectivity index (χ1n) is 4.97.